The number of alkyl halides is 1. The Kier molecular flexibility index (Phi) is 4.46. The molecule has 2 atom stereocenters. The lowest BCUT2D eigenvalue weighted by Crippen LogP contribution is -2.25. The zero-order valence-corrected chi connectivity index (χ0v) is 13.4. The summed E-state index contributed by atoms with van der Waals surface area (Å²) < 4.78 is 19.4. The SMILES string of the molecule is Fc1ccc(C(CBr)CC2CCC3(CCCC3)O2)cc1. The molecule has 1 aliphatic carbocycles. The second-order valence-corrected chi connectivity index (χ2v) is 6.95. The molecule has 1 saturated carbocycles. The van der Waals surface area contributed by atoms with Crippen LogP contribution in [0.4, 0.5) is 4.39 Å². The lowest BCUT2D eigenvalue weighted by molar-refractivity contribution is -0.0404. The van der Waals surface area contributed by atoms with Gasteiger partial charge >= 0.3 is 0 Å². The molecule has 3 heteroatoms. The Morgan fingerprint density at radius 3 is 2.55 bits per heavy atom. The Hall–Kier alpha value is -0.410. The van der Waals surface area contributed by atoms with Crippen LogP contribution in [-0.4, -0.2) is 17.0 Å². The van der Waals surface area contributed by atoms with Crippen molar-refractivity contribution in [2.24, 2.45) is 0 Å². The molecule has 1 spiro atoms. The maximum absolute atomic E-state index is 13.0. The highest BCUT2D eigenvalue weighted by Gasteiger charge is 2.42. The fourth-order valence-corrected chi connectivity index (χ4v) is 4.43. The first-order chi connectivity index (χ1) is 9.71. The molecule has 0 aromatic heterocycles. The summed E-state index contributed by atoms with van der Waals surface area (Å²) in [5.41, 5.74) is 1.42. The van der Waals surface area contributed by atoms with E-state index in [1.54, 1.807) is 12.1 Å². The van der Waals surface area contributed by atoms with Gasteiger partial charge in [0, 0.05) is 5.33 Å². The fourth-order valence-electron chi connectivity index (χ4n) is 3.79. The van der Waals surface area contributed by atoms with Crippen molar-refractivity contribution < 1.29 is 9.13 Å². The first kappa shape index (κ1) is 14.5. The Labute approximate surface area is 129 Å². The minimum atomic E-state index is -0.163. The van der Waals surface area contributed by atoms with E-state index in [1.807, 2.05) is 12.1 Å². The van der Waals surface area contributed by atoms with Crippen LogP contribution in [0.15, 0.2) is 24.3 Å². The normalized spacial score (nSPS) is 26.2. The molecule has 0 N–H and O–H groups in total. The van der Waals surface area contributed by atoms with E-state index in [-0.39, 0.29) is 11.4 Å². The average molecular weight is 341 g/mol. The van der Waals surface area contributed by atoms with Crippen molar-refractivity contribution >= 4 is 15.9 Å². The second kappa shape index (κ2) is 6.15. The summed E-state index contributed by atoms with van der Waals surface area (Å²) in [6, 6.07) is 6.92. The fraction of sp³-hybridized carbons (Fsp3) is 0.647. The average Bonchev–Trinajstić information content (AvgIpc) is 3.08. The monoisotopic (exact) mass is 340 g/mol. The zero-order valence-electron chi connectivity index (χ0n) is 11.8. The van der Waals surface area contributed by atoms with Crippen molar-refractivity contribution in [3.63, 3.8) is 0 Å². The third kappa shape index (κ3) is 3.09. The van der Waals surface area contributed by atoms with Gasteiger partial charge in [0.2, 0.25) is 0 Å². The Bertz CT molecular complexity index is 439. The molecule has 110 valence electrons. The topological polar surface area (TPSA) is 9.23 Å². The van der Waals surface area contributed by atoms with Gasteiger partial charge in [0.1, 0.15) is 5.82 Å². The van der Waals surface area contributed by atoms with E-state index in [2.05, 4.69) is 15.9 Å². The zero-order chi connectivity index (χ0) is 14.0. The second-order valence-electron chi connectivity index (χ2n) is 6.31. The van der Waals surface area contributed by atoms with Crippen LogP contribution in [0, 0.1) is 5.82 Å². The van der Waals surface area contributed by atoms with Crippen molar-refractivity contribution in [2.75, 3.05) is 5.33 Å². The molecule has 2 unspecified atom stereocenters. The number of hydrogen-bond acceptors (Lipinski definition) is 1. The molecule has 0 amide bonds. The molecular formula is C17H22BrFO. The van der Waals surface area contributed by atoms with Crippen LogP contribution in [0.3, 0.4) is 0 Å². The summed E-state index contributed by atoms with van der Waals surface area (Å²) in [4.78, 5) is 0. The van der Waals surface area contributed by atoms with Crippen LogP contribution >= 0.6 is 15.9 Å². The van der Waals surface area contributed by atoms with E-state index in [4.69, 9.17) is 4.74 Å². The Balaban J connectivity index is 1.62. The molecule has 2 fully saturated rings. The van der Waals surface area contributed by atoms with Crippen molar-refractivity contribution in [1.29, 1.82) is 0 Å². The van der Waals surface area contributed by atoms with E-state index >= 15 is 0 Å². The maximum Gasteiger partial charge on any atom is 0.123 e. The number of rotatable bonds is 4. The highest BCUT2D eigenvalue weighted by Crippen LogP contribution is 2.45. The standard InChI is InChI=1S/C17H22BrFO/c18-12-14(13-3-5-15(19)6-4-13)11-16-7-10-17(20-16)8-1-2-9-17/h3-6,14,16H,1-2,7-12H2. The summed E-state index contributed by atoms with van der Waals surface area (Å²) >= 11 is 3.60. The van der Waals surface area contributed by atoms with Crippen molar-refractivity contribution in [1.82, 2.24) is 0 Å². The first-order valence-corrected chi connectivity index (χ1v) is 8.82. The van der Waals surface area contributed by atoms with Crippen LogP contribution in [-0.2, 0) is 4.74 Å². The molecule has 0 bridgehead atoms. The van der Waals surface area contributed by atoms with Gasteiger partial charge in [-0.1, -0.05) is 40.9 Å². The summed E-state index contributed by atoms with van der Waals surface area (Å²) in [5.74, 6) is 0.251. The van der Waals surface area contributed by atoms with Gasteiger partial charge in [-0.05, 0) is 55.7 Å². The molecule has 0 radical (unpaired) electrons. The third-order valence-electron chi connectivity index (χ3n) is 4.93. The highest BCUT2D eigenvalue weighted by molar-refractivity contribution is 9.09. The van der Waals surface area contributed by atoms with Crippen LogP contribution in [0.5, 0.6) is 0 Å². The largest absolute Gasteiger partial charge is 0.372 e. The summed E-state index contributed by atoms with van der Waals surface area (Å²) in [7, 11) is 0. The molecule has 1 aliphatic heterocycles. The van der Waals surface area contributed by atoms with Gasteiger partial charge in [-0.25, -0.2) is 4.39 Å². The van der Waals surface area contributed by atoms with Crippen LogP contribution in [0.1, 0.15) is 56.4 Å². The highest BCUT2D eigenvalue weighted by atomic mass is 79.9. The van der Waals surface area contributed by atoms with Gasteiger partial charge in [0.05, 0.1) is 11.7 Å². The van der Waals surface area contributed by atoms with Crippen LogP contribution < -0.4 is 0 Å². The third-order valence-corrected chi connectivity index (χ3v) is 5.71. The van der Waals surface area contributed by atoms with Gasteiger partial charge in [0.15, 0.2) is 0 Å². The van der Waals surface area contributed by atoms with Gasteiger partial charge in [-0.15, -0.1) is 0 Å². The van der Waals surface area contributed by atoms with Crippen LogP contribution in [0.2, 0.25) is 0 Å². The molecule has 1 aromatic rings. The summed E-state index contributed by atoms with van der Waals surface area (Å²) in [6.07, 6.45) is 8.98. The molecule has 1 heterocycles. The molecule has 1 nitrogen and oxygen atoms in total. The molecular weight excluding hydrogens is 319 g/mol. The Morgan fingerprint density at radius 2 is 1.90 bits per heavy atom. The predicted octanol–water partition coefficient (Wildman–Crippen LogP) is 5.19. The molecule has 2 aliphatic rings. The van der Waals surface area contributed by atoms with Gasteiger partial charge < -0.3 is 4.74 Å². The quantitative estimate of drug-likeness (QED) is 0.685. The lowest BCUT2D eigenvalue weighted by atomic mass is 9.93. The smallest absolute Gasteiger partial charge is 0.123 e. The van der Waals surface area contributed by atoms with Gasteiger partial charge in [0.25, 0.3) is 0 Å². The van der Waals surface area contributed by atoms with E-state index < -0.39 is 0 Å². The molecule has 3 rings (SSSR count). The van der Waals surface area contributed by atoms with E-state index in [0.29, 0.717) is 12.0 Å². The minimum absolute atomic E-state index is 0.163. The minimum Gasteiger partial charge on any atom is -0.372 e. The van der Waals surface area contributed by atoms with Gasteiger partial charge in [-0.2, -0.15) is 0 Å². The molecule has 1 aromatic carbocycles. The number of hydrogen-bond donors (Lipinski definition) is 0. The van der Waals surface area contributed by atoms with Gasteiger partial charge in [-0.3, -0.25) is 0 Å². The van der Waals surface area contributed by atoms with E-state index in [9.17, 15) is 4.39 Å². The number of ether oxygens (including phenoxy) is 1. The van der Waals surface area contributed by atoms with Crippen molar-refractivity contribution in [2.45, 2.75) is 62.6 Å². The first-order valence-electron chi connectivity index (χ1n) is 7.70. The van der Waals surface area contributed by atoms with Crippen molar-refractivity contribution in [3.8, 4) is 0 Å². The number of halogens is 2. The van der Waals surface area contributed by atoms with E-state index in [1.165, 1.54) is 44.1 Å². The molecule has 20 heavy (non-hydrogen) atoms. The maximum atomic E-state index is 13.0. The predicted molar refractivity (Wildman–Crippen MR) is 82.9 cm³/mol. The van der Waals surface area contributed by atoms with E-state index in [0.717, 1.165) is 11.8 Å². The lowest BCUT2D eigenvalue weighted by Gasteiger charge is -2.25. The van der Waals surface area contributed by atoms with Crippen LogP contribution in [0.25, 0.3) is 0 Å². The summed E-state index contributed by atoms with van der Waals surface area (Å²) in [5, 5.41) is 0.908. The number of benzene rings is 1. The summed E-state index contributed by atoms with van der Waals surface area (Å²) in [6.45, 7) is 0. The Morgan fingerprint density at radius 1 is 1.20 bits per heavy atom. The van der Waals surface area contributed by atoms with Crippen molar-refractivity contribution in [3.05, 3.63) is 35.6 Å². The molecule has 1 saturated heterocycles.